The third-order valence-corrected chi connectivity index (χ3v) is 6.32. The molecule has 0 radical (unpaired) electrons. The molecule has 1 amide bonds. The molecule has 2 aromatic carbocycles. The van der Waals surface area contributed by atoms with Crippen molar-refractivity contribution in [1.82, 2.24) is 4.90 Å². The molecule has 2 aromatic rings. The number of hydrogen-bond acceptors (Lipinski definition) is 4. The predicted molar refractivity (Wildman–Crippen MR) is 114 cm³/mol. The lowest BCUT2D eigenvalue weighted by molar-refractivity contribution is -0.137. The van der Waals surface area contributed by atoms with E-state index in [1.165, 1.54) is 11.0 Å². The highest BCUT2D eigenvalue weighted by Crippen LogP contribution is 2.32. The van der Waals surface area contributed by atoms with Gasteiger partial charge < -0.3 is 9.80 Å². The first-order valence-corrected chi connectivity index (χ1v) is 11.6. The minimum Gasteiger partial charge on any atom is -0.368 e. The first-order valence-electron chi connectivity index (χ1n) is 9.38. The number of hydrogen-bond donors (Lipinski definition) is 0. The number of halogens is 4. The lowest BCUT2D eigenvalue weighted by atomic mass is 10.2. The fourth-order valence-corrected chi connectivity index (χ4v) is 4.37. The summed E-state index contributed by atoms with van der Waals surface area (Å²) < 4.78 is 64.2. The van der Waals surface area contributed by atoms with Gasteiger partial charge >= 0.3 is 6.18 Å². The summed E-state index contributed by atoms with van der Waals surface area (Å²) in [5.41, 5.74) is -0.272. The topological polar surface area (TPSA) is 60.9 Å². The smallest absolute Gasteiger partial charge is 0.368 e. The normalized spacial score (nSPS) is 15.1. The second kappa shape index (κ2) is 8.96. The number of alkyl halides is 3. The zero-order valence-corrected chi connectivity index (χ0v) is 18.2. The molecule has 31 heavy (non-hydrogen) atoms. The fraction of sp³-hybridized carbons (Fsp3) is 0.350. The molecule has 1 heterocycles. The Bertz CT molecular complexity index is 1050. The Morgan fingerprint density at radius 3 is 2.29 bits per heavy atom. The summed E-state index contributed by atoms with van der Waals surface area (Å²) in [6.07, 6.45) is -3.77. The molecule has 0 atom stereocenters. The molecule has 168 valence electrons. The molecular formula is C20H21ClF3N3O3S. The first-order chi connectivity index (χ1) is 14.4. The van der Waals surface area contributed by atoms with E-state index in [2.05, 4.69) is 4.90 Å². The molecule has 0 N–H and O–H groups in total. The molecule has 0 unspecified atom stereocenters. The van der Waals surface area contributed by atoms with Gasteiger partial charge in [0.1, 0.15) is 6.54 Å². The Hall–Kier alpha value is -2.46. The van der Waals surface area contributed by atoms with Gasteiger partial charge in [0.05, 0.1) is 17.5 Å². The average molecular weight is 476 g/mol. The maximum Gasteiger partial charge on any atom is 0.416 e. The maximum absolute atomic E-state index is 13.0. The fourth-order valence-electron chi connectivity index (χ4n) is 3.35. The first kappa shape index (κ1) is 23.2. The van der Waals surface area contributed by atoms with Crippen molar-refractivity contribution in [2.24, 2.45) is 0 Å². The van der Waals surface area contributed by atoms with Crippen LogP contribution in [0.25, 0.3) is 0 Å². The number of carbonyl (C=O) groups is 1. The summed E-state index contributed by atoms with van der Waals surface area (Å²) in [6.45, 7) is 1.18. The van der Waals surface area contributed by atoms with Gasteiger partial charge in [-0.15, -0.1) is 0 Å². The van der Waals surface area contributed by atoms with E-state index in [1.807, 2.05) is 18.2 Å². The van der Waals surface area contributed by atoms with Crippen molar-refractivity contribution < 1.29 is 26.4 Å². The van der Waals surface area contributed by atoms with Crippen molar-refractivity contribution in [2.75, 3.05) is 48.2 Å². The van der Waals surface area contributed by atoms with Crippen LogP contribution in [0.3, 0.4) is 0 Å². The van der Waals surface area contributed by atoms with E-state index in [0.717, 1.165) is 30.1 Å². The minimum atomic E-state index is -4.63. The third-order valence-electron chi connectivity index (χ3n) is 4.95. The summed E-state index contributed by atoms with van der Waals surface area (Å²) in [5.74, 6) is -0.478. The van der Waals surface area contributed by atoms with Gasteiger partial charge in [-0.1, -0.05) is 23.7 Å². The van der Waals surface area contributed by atoms with Crippen LogP contribution in [-0.4, -0.2) is 58.2 Å². The van der Waals surface area contributed by atoms with Crippen molar-refractivity contribution in [3.8, 4) is 0 Å². The van der Waals surface area contributed by atoms with Gasteiger partial charge in [-0.2, -0.15) is 13.2 Å². The molecule has 0 saturated carbocycles. The second-order valence-corrected chi connectivity index (χ2v) is 9.51. The third kappa shape index (κ3) is 5.82. The zero-order chi connectivity index (χ0) is 22.8. The molecule has 0 bridgehead atoms. The largest absolute Gasteiger partial charge is 0.416 e. The number of carbonyl (C=O) groups excluding carboxylic acids is 1. The average Bonchev–Trinajstić information content (AvgIpc) is 2.70. The van der Waals surface area contributed by atoms with Crippen LogP contribution in [0.4, 0.5) is 24.5 Å². The molecule has 0 aromatic heterocycles. The summed E-state index contributed by atoms with van der Waals surface area (Å²) >= 11 is 6.02. The van der Waals surface area contributed by atoms with Crippen LogP contribution in [0.15, 0.2) is 48.5 Å². The van der Waals surface area contributed by atoms with E-state index in [4.69, 9.17) is 11.6 Å². The number of benzene rings is 2. The van der Waals surface area contributed by atoms with Crippen LogP contribution < -0.4 is 9.21 Å². The van der Waals surface area contributed by atoms with Crippen LogP contribution in [0.2, 0.25) is 5.02 Å². The Balaban J connectivity index is 1.71. The molecule has 0 spiro atoms. The van der Waals surface area contributed by atoms with Gasteiger partial charge in [0, 0.05) is 36.9 Å². The quantitative estimate of drug-likeness (QED) is 0.664. The van der Waals surface area contributed by atoms with E-state index in [0.29, 0.717) is 35.5 Å². The monoisotopic (exact) mass is 475 g/mol. The zero-order valence-electron chi connectivity index (χ0n) is 16.6. The number of amides is 1. The van der Waals surface area contributed by atoms with Crippen molar-refractivity contribution in [3.05, 3.63) is 59.1 Å². The van der Waals surface area contributed by atoms with Crippen LogP contribution >= 0.6 is 11.6 Å². The molecule has 1 fully saturated rings. The molecule has 1 aliphatic rings. The van der Waals surface area contributed by atoms with Crippen molar-refractivity contribution in [1.29, 1.82) is 0 Å². The molecule has 11 heteroatoms. The van der Waals surface area contributed by atoms with Gasteiger partial charge in [0.2, 0.25) is 15.9 Å². The van der Waals surface area contributed by atoms with Crippen molar-refractivity contribution >= 4 is 38.9 Å². The standard InChI is InChI=1S/C20H21ClF3N3O3S/c1-31(29,30)27(18-7-2-4-15(12-18)20(22,23)24)14-19(28)26-10-8-25(9-11-26)17-6-3-5-16(21)13-17/h2-7,12-13H,8-11,14H2,1H3. The molecule has 0 aliphatic carbocycles. The lowest BCUT2D eigenvalue weighted by Crippen LogP contribution is -2.52. The van der Waals surface area contributed by atoms with Crippen LogP contribution in [0, 0.1) is 0 Å². The Kier molecular flexibility index (Phi) is 6.70. The van der Waals surface area contributed by atoms with Crippen LogP contribution in [0.5, 0.6) is 0 Å². The van der Waals surface area contributed by atoms with Gasteiger partial charge in [0.15, 0.2) is 0 Å². The molecular weight excluding hydrogens is 455 g/mol. The maximum atomic E-state index is 13.0. The number of anilines is 2. The lowest BCUT2D eigenvalue weighted by Gasteiger charge is -2.37. The Morgan fingerprint density at radius 1 is 1.06 bits per heavy atom. The highest BCUT2D eigenvalue weighted by Gasteiger charge is 2.32. The molecule has 1 saturated heterocycles. The highest BCUT2D eigenvalue weighted by molar-refractivity contribution is 7.92. The van der Waals surface area contributed by atoms with Gasteiger partial charge in [-0.3, -0.25) is 9.10 Å². The van der Waals surface area contributed by atoms with Gasteiger partial charge in [-0.05, 0) is 36.4 Å². The number of nitrogens with zero attached hydrogens (tertiary/aromatic N) is 3. The molecule has 3 rings (SSSR count). The van der Waals surface area contributed by atoms with Crippen molar-refractivity contribution in [2.45, 2.75) is 6.18 Å². The van der Waals surface area contributed by atoms with Crippen LogP contribution in [0.1, 0.15) is 5.56 Å². The number of piperazine rings is 1. The minimum absolute atomic E-state index is 0.205. The van der Waals surface area contributed by atoms with Gasteiger partial charge in [-0.25, -0.2) is 8.42 Å². The summed E-state index contributed by atoms with van der Waals surface area (Å²) in [5, 5.41) is 0.598. The van der Waals surface area contributed by atoms with Gasteiger partial charge in [0.25, 0.3) is 0 Å². The molecule has 1 aliphatic heterocycles. The van der Waals surface area contributed by atoms with Crippen molar-refractivity contribution in [3.63, 3.8) is 0 Å². The second-order valence-electron chi connectivity index (χ2n) is 7.17. The van der Waals surface area contributed by atoms with Crippen LogP contribution in [-0.2, 0) is 21.0 Å². The molecule has 6 nitrogen and oxygen atoms in total. The Labute approximate surface area is 183 Å². The number of sulfonamides is 1. The van der Waals surface area contributed by atoms with E-state index in [9.17, 15) is 26.4 Å². The van der Waals surface area contributed by atoms with E-state index >= 15 is 0 Å². The summed E-state index contributed by atoms with van der Waals surface area (Å²) in [6, 6.07) is 11.2. The Morgan fingerprint density at radius 2 is 1.71 bits per heavy atom. The van der Waals surface area contributed by atoms with E-state index in [1.54, 1.807) is 6.07 Å². The number of rotatable bonds is 5. The van der Waals surface area contributed by atoms with E-state index < -0.39 is 34.2 Å². The van der Waals surface area contributed by atoms with E-state index in [-0.39, 0.29) is 5.69 Å². The predicted octanol–water partition coefficient (Wildman–Crippen LogP) is 3.47. The summed E-state index contributed by atoms with van der Waals surface area (Å²) in [4.78, 5) is 16.3. The summed E-state index contributed by atoms with van der Waals surface area (Å²) in [7, 11) is -3.98. The highest BCUT2D eigenvalue weighted by atomic mass is 35.5. The SMILES string of the molecule is CS(=O)(=O)N(CC(=O)N1CCN(c2cccc(Cl)c2)CC1)c1cccc(C(F)(F)F)c1.